The highest BCUT2D eigenvalue weighted by Crippen LogP contribution is 2.37. The number of nitrogens with zero attached hydrogens (tertiary/aromatic N) is 1. The fourth-order valence-electron chi connectivity index (χ4n) is 1.75. The van der Waals surface area contributed by atoms with Gasteiger partial charge in [0.25, 0.3) is 0 Å². The van der Waals surface area contributed by atoms with Gasteiger partial charge in [-0.15, -0.1) is 0 Å². The molecule has 1 amide bonds. The number of benzene rings is 1. The van der Waals surface area contributed by atoms with Crippen LogP contribution in [-0.4, -0.2) is 17.2 Å². The fourth-order valence-corrected chi connectivity index (χ4v) is 2.64. The highest BCUT2D eigenvalue weighted by Gasteiger charge is 2.34. The van der Waals surface area contributed by atoms with Gasteiger partial charge in [-0.2, -0.15) is 13.2 Å². The van der Waals surface area contributed by atoms with Gasteiger partial charge in [0.05, 0.1) is 11.3 Å². The second kappa shape index (κ2) is 5.56. The van der Waals surface area contributed by atoms with Crippen molar-refractivity contribution in [3.8, 4) is 0 Å². The van der Waals surface area contributed by atoms with E-state index in [4.69, 9.17) is 5.11 Å². The molecule has 0 unspecified atom stereocenters. The quantitative estimate of drug-likeness (QED) is 0.759. The summed E-state index contributed by atoms with van der Waals surface area (Å²) in [5.74, 6) is 0. The predicted octanol–water partition coefficient (Wildman–Crippen LogP) is 4.51. The van der Waals surface area contributed by atoms with Crippen LogP contribution >= 0.6 is 22.6 Å². The zero-order valence-corrected chi connectivity index (χ0v) is 12.7. The van der Waals surface area contributed by atoms with Crippen LogP contribution in [0.3, 0.4) is 0 Å². The van der Waals surface area contributed by atoms with Crippen LogP contribution in [0.2, 0.25) is 0 Å². The number of hydrogen-bond acceptors (Lipinski definition) is 1. The summed E-state index contributed by atoms with van der Waals surface area (Å²) in [6, 6.07) is 1.79. The van der Waals surface area contributed by atoms with Gasteiger partial charge >= 0.3 is 12.3 Å². The maximum absolute atomic E-state index is 12.9. The zero-order valence-electron chi connectivity index (χ0n) is 10.5. The predicted molar refractivity (Wildman–Crippen MR) is 74.5 cm³/mol. The van der Waals surface area contributed by atoms with Crippen molar-refractivity contribution in [2.75, 3.05) is 4.90 Å². The van der Waals surface area contributed by atoms with Gasteiger partial charge in [-0.05, 0) is 61.1 Å². The number of carboxylic acid groups (broad SMARTS) is 1. The van der Waals surface area contributed by atoms with E-state index in [1.54, 1.807) is 13.8 Å². The van der Waals surface area contributed by atoms with Crippen LogP contribution < -0.4 is 4.90 Å². The molecule has 0 aliphatic carbocycles. The normalized spacial score (nSPS) is 11.8. The van der Waals surface area contributed by atoms with Crippen molar-refractivity contribution in [2.24, 2.45) is 0 Å². The molecule has 1 aromatic carbocycles. The van der Waals surface area contributed by atoms with Crippen LogP contribution in [0.1, 0.15) is 25.0 Å². The molecule has 1 rings (SSSR count). The number of hydrogen-bond donors (Lipinski definition) is 1. The van der Waals surface area contributed by atoms with Crippen LogP contribution in [0.4, 0.5) is 23.7 Å². The second-order valence-electron chi connectivity index (χ2n) is 4.36. The Balaban J connectivity index is 3.47. The van der Waals surface area contributed by atoms with E-state index >= 15 is 0 Å². The molecule has 0 heterocycles. The van der Waals surface area contributed by atoms with Gasteiger partial charge in [0.1, 0.15) is 0 Å². The average molecular weight is 387 g/mol. The van der Waals surface area contributed by atoms with Crippen LogP contribution in [-0.2, 0) is 6.18 Å². The average Bonchev–Trinajstić information content (AvgIpc) is 2.18. The Bertz CT molecular complexity index is 500. The summed E-state index contributed by atoms with van der Waals surface area (Å²) in [4.78, 5) is 12.1. The third-order valence-electron chi connectivity index (χ3n) is 2.58. The van der Waals surface area contributed by atoms with Gasteiger partial charge in [-0.25, -0.2) is 4.79 Å². The molecule has 3 nitrogen and oxygen atoms in total. The number of alkyl halides is 3. The highest BCUT2D eigenvalue weighted by molar-refractivity contribution is 14.1. The third-order valence-corrected chi connectivity index (χ3v) is 3.45. The molecule has 19 heavy (non-hydrogen) atoms. The maximum Gasteiger partial charge on any atom is 0.416 e. The Morgan fingerprint density at radius 3 is 2.26 bits per heavy atom. The van der Waals surface area contributed by atoms with Gasteiger partial charge in [0.15, 0.2) is 0 Å². The molecular weight excluding hydrogens is 374 g/mol. The second-order valence-corrected chi connectivity index (χ2v) is 5.52. The van der Waals surface area contributed by atoms with Crippen molar-refractivity contribution < 1.29 is 23.1 Å². The van der Waals surface area contributed by atoms with Crippen LogP contribution in [0.25, 0.3) is 0 Å². The minimum Gasteiger partial charge on any atom is -0.465 e. The van der Waals surface area contributed by atoms with Crippen LogP contribution in [0.5, 0.6) is 0 Å². The van der Waals surface area contributed by atoms with E-state index < -0.39 is 23.9 Å². The first kappa shape index (κ1) is 16.1. The number of halogens is 4. The van der Waals surface area contributed by atoms with E-state index in [0.717, 1.165) is 11.0 Å². The molecule has 0 aromatic heterocycles. The molecule has 0 spiro atoms. The lowest BCUT2D eigenvalue weighted by Crippen LogP contribution is -2.36. The number of anilines is 1. The minimum atomic E-state index is -4.50. The van der Waals surface area contributed by atoms with Crippen molar-refractivity contribution in [3.63, 3.8) is 0 Å². The fraction of sp³-hybridized carbons (Fsp3) is 0.417. The van der Waals surface area contributed by atoms with Gasteiger partial charge in [-0.3, -0.25) is 4.90 Å². The molecule has 0 bridgehead atoms. The Morgan fingerprint density at radius 2 is 1.89 bits per heavy atom. The topological polar surface area (TPSA) is 40.5 Å². The first-order valence-electron chi connectivity index (χ1n) is 5.45. The molecule has 0 radical (unpaired) electrons. The summed E-state index contributed by atoms with van der Waals surface area (Å²) in [5.41, 5.74) is -0.675. The largest absolute Gasteiger partial charge is 0.465 e. The standard InChI is InChI=1S/C12H13F3INO2/c1-6(2)17(11(18)19)10-5-8(12(13,14)15)7(3)4-9(10)16/h4-6H,1-3H3,(H,18,19). The van der Waals surface area contributed by atoms with E-state index in [0.29, 0.717) is 3.57 Å². The molecule has 0 atom stereocenters. The lowest BCUT2D eigenvalue weighted by Gasteiger charge is -2.26. The molecule has 106 valence electrons. The van der Waals surface area contributed by atoms with E-state index in [2.05, 4.69) is 0 Å². The minimum absolute atomic E-state index is 0.0565. The summed E-state index contributed by atoms with van der Waals surface area (Å²) >= 11 is 1.84. The summed E-state index contributed by atoms with van der Waals surface area (Å²) < 4.78 is 39.0. The van der Waals surface area contributed by atoms with Crippen molar-refractivity contribution in [1.82, 2.24) is 0 Å². The Morgan fingerprint density at radius 1 is 1.37 bits per heavy atom. The van der Waals surface area contributed by atoms with E-state index in [9.17, 15) is 18.0 Å². The monoisotopic (exact) mass is 387 g/mol. The molecule has 0 aliphatic heterocycles. The molecule has 0 fully saturated rings. The van der Waals surface area contributed by atoms with E-state index in [-0.39, 0.29) is 11.3 Å². The molecule has 0 saturated heterocycles. The van der Waals surface area contributed by atoms with Crippen molar-refractivity contribution >= 4 is 34.4 Å². The van der Waals surface area contributed by atoms with Gasteiger partial charge < -0.3 is 5.11 Å². The summed E-state index contributed by atoms with van der Waals surface area (Å²) in [7, 11) is 0. The Labute approximate surface area is 122 Å². The maximum atomic E-state index is 12.9. The first-order valence-corrected chi connectivity index (χ1v) is 6.53. The van der Waals surface area contributed by atoms with Crippen molar-refractivity contribution in [3.05, 3.63) is 26.8 Å². The molecule has 1 aromatic rings. The number of amides is 1. The van der Waals surface area contributed by atoms with Crippen LogP contribution in [0.15, 0.2) is 12.1 Å². The van der Waals surface area contributed by atoms with Crippen molar-refractivity contribution in [1.29, 1.82) is 0 Å². The number of aryl methyl sites for hydroxylation is 1. The summed E-state index contributed by atoms with van der Waals surface area (Å²) in [5, 5.41) is 9.13. The lowest BCUT2D eigenvalue weighted by atomic mass is 10.1. The van der Waals surface area contributed by atoms with Crippen LogP contribution in [0, 0.1) is 10.5 Å². The number of rotatable bonds is 2. The van der Waals surface area contributed by atoms with Gasteiger partial charge in [0.2, 0.25) is 0 Å². The van der Waals surface area contributed by atoms with Gasteiger partial charge in [0, 0.05) is 9.61 Å². The Kier molecular flexibility index (Phi) is 4.70. The zero-order chi connectivity index (χ0) is 15.0. The first-order chi connectivity index (χ1) is 8.55. The molecule has 0 saturated carbocycles. The summed E-state index contributed by atoms with van der Waals surface area (Å²) in [6.07, 6.45) is -5.77. The third kappa shape index (κ3) is 3.52. The number of carbonyl (C=O) groups is 1. The Hall–Kier alpha value is -0.990. The van der Waals surface area contributed by atoms with Crippen molar-refractivity contribution in [2.45, 2.75) is 33.0 Å². The van der Waals surface area contributed by atoms with Gasteiger partial charge in [-0.1, -0.05) is 0 Å². The van der Waals surface area contributed by atoms with E-state index in [1.807, 2.05) is 22.6 Å². The smallest absolute Gasteiger partial charge is 0.416 e. The molecule has 7 heteroatoms. The molecular formula is C12H13F3INO2. The SMILES string of the molecule is Cc1cc(I)c(N(C(=O)O)C(C)C)cc1C(F)(F)F. The van der Waals surface area contributed by atoms with E-state index in [1.165, 1.54) is 13.0 Å². The summed E-state index contributed by atoms with van der Waals surface area (Å²) in [6.45, 7) is 4.57. The highest BCUT2D eigenvalue weighted by atomic mass is 127. The lowest BCUT2D eigenvalue weighted by molar-refractivity contribution is -0.138. The molecule has 1 N–H and O–H groups in total. The molecule has 0 aliphatic rings.